The lowest BCUT2D eigenvalue weighted by atomic mass is 10.2. The number of nitrogens with one attached hydrogen (secondary N) is 1. The number of H-pyrrole nitrogens is 1. The van der Waals surface area contributed by atoms with Gasteiger partial charge >= 0.3 is 0 Å². The maximum atomic E-state index is 3.49. The molecule has 2 saturated heterocycles. The molecule has 1 atom stereocenters. The molecule has 0 aliphatic carbocycles. The summed E-state index contributed by atoms with van der Waals surface area (Å²) in [6, 6.07) is 4.47. The molecular weight excluding hydrogens is 226 g/mol. The molecule has 0 spiro atoms. The molecule has 0 amide bonds. The third kappa shape index (κ3) is 2.49. The third-order valence-corrected chi connectivity index (χ3v) is 7.45. The SMILES string of the molecule is c1c[nH]c([SiH](N2CCCCC2)N2CCCC2)c1. The fraction of sp³-hybridized carbons (Fsp3) is 0.692. The molecule has 2 aliphatic heterocycles. The van der Waals surface area contributed by atoms with Crippen LogP contribution in [0.15, 0.2) is 18.3 Å². The molecule has 1 unspecified atom stereocenters. The second-order valence-electron chi connectivity index (χ2n) is 5.34. The number of hydrogen-bond donors (Lipinski definition) is 1. The first-order valence-electron chi connectivity index (χ1n) is 7.06. The van der Waals surface area contributed by atoms with Crippen LogP contribution in [0.2, 0.25) is 0 Å². The third-order valence-electron chi connectivity index (χ3n) is 4.12. The summed E-state index contributed by atoms with van der Waals surface area (Å²) in [5.41, 5.74) is 0. The Morgan fingerprint density at radius 3 is 2.00 bits per heavy atom. The van der Waals surface area contributed by atoms with Gasteiger partial charge in [0.2, 0.25) is 9.12 Å². The van der Waals surface area contributed by atoms with Crippen molar-refractivity contribution >= 4 is 14.4 Å². The summed E-state index contributed by atoms with van der Waals surface area (Å²) in [7, 11) is -1.07. The van der Waals surface area contributed by atoms with Crippen LogP contribution in [-0.2, 0) is 0 Å². The smallest absolute Gasteiger partial charge is 0.239 e. The number of hydrogen-bond acceptors (Lipinski definition) is 2. The highest BCUT2D eigenvalue weighted by Gasteiger charge is 2.32. The average molecular weight is 249 g/mol. The lowest BCUT2D eigenvalue weighted by Gasteiger charge is -2.38. The number of aromatic amines is 1. The quantitative estimate of drug-likeness (QED) is 0.808. The van der Waals surface area contributed by atoms with E-state index in [4.69, 9.17) is 0 Å². The van der Waals surface area contributed by atoms with E-state index < -0.39 is 9.12 Å². The van der Waals surface area contributed by atoms with Crippen LogP contribution in [0.4, 0.5) is 0 Å². The lowest BCUT2D eigenvalue weighted by molar-refractivity contribution is 0.323. The predicted octanol–water partition coefficient (Wildman–Crippen LogP) is 1.02. The summed E-state index contributed by atoms with van der Waals surface area (Å²) >= 11 is 0. The van der Waals surface area contributed by atoms with E-state index in [1.807, 2.05) is 0 Å². The zero-order chi connectivity index (χ0) is 11.5. The lowest BCUT2D eigenvalue weighted by Crippen LogP contribution is -2.60. The number of aromatic nitrogens is 1. The molecular formula is C13H23N3Si. The standard InChI is InChI=1S/C13H23N3Si/c1-2-9-15(10-3-1)17(13-7-6-8-14-13)16-11-4-5-12-16/h6-8,14,17H,1-5,9-12H2. The zero-order valence-electron chi connectivity index (χ0n) is 10.6. The zero-order valence-corrected chi connectivity index (χ0v) is 11.7. The minimum Gasteiger partial charge on any atom is -0.366 e. The van der Waals surface area contributed by atoms with Crippen LogP contribution < -0.4 is 5.32 Å². The second-order valence-corrected chi connectivity index (χ2v) is 8.17. The molecule has 3 rings (SSSR count). The fourth-order valence-corrected chi connectivity index (χ4v) is 6.76. The van der Waals surface area contributed by atoms with Gasteiger partial charge in [0.15, 0.2) is 0 Å². The van der Waals surface area contributed by atoms with E-state index in [1.165, 1.54) is 63.6 Å². The second kappa shape index (κ2) is 5.37. The summed E-state index contributed by atoms with van der Waals surface area (Å²) in [6.45, 7) is 5.30. The molecule has 4 heteroatoms. The highest BCUT2D eigenvalue weighted by atomic mass is 28.3. The Balaban J connectivity index is 1.79. The average Bonchev–Trinajstić information content (AvgIpc) is 3.04. The fourth-order valence-electron chi connectivity index (χ4n) is 3.28. The van der Waals surface area contributed by atoms with E-state index in [9.17, 15) is 0 Å². The van der Waals surface area contributed by atoms with Crippen molar-refractivity contribution in [1.29, 1.82) is 0 Å². The molecule has 0 radical (unpaired) electrons. The van der Waals surface area contributed by atoms with E-state index >= 15 is 0 Å². The Kier molecular flexibility index (Phi) is 3.64. The molecule has 17 heavy (non-hydrogen) atoms. The first kappa shape index (κ1) is 11.5. The van der Waals surface area contributed by atoms with Crippen LogP contribution in [0.5, 0.6) is 0 Å². The Labute approximate surface area is 106 Å². The Morgan fingerprint density at radius 1 is 0.882 bits per heavy atom. The minimum atomic E-state index is -1.07. The first-order valence-corrected chi connectivity index (χ1v) is 8.67. The van der Waals surface area contributed by atoms with Crippen molar-refractivity contribution in [3.8, 4) is 0 Å². The van der Waals surface area contributed by atoms with E-state index in [0.717, 1.165) is 0 Å². The molecule has 3 nitrogen and oxygen atoms in total. The van der Waals surface area contributed by atoms with Crippen molar-refractivity contribution in [2.75, 3.05) is 26.2 Å². The Morgan fingerprint density at radius 2 is 1.47 bits per heavy atom. The normalized spacial score (nSPS) is 25.2. The van der Waals surface area contributed by atoms with Crippen LogP contribution in [0.25, 0.3) is 0 Å². The number of nitrogens with zero attached hydrogens (tertiary/aromatic N) is 2. The summed E-state index contributed by atoms with van der Waals surface area (Å²) in [5, 5.41) is 1.52. The molecule has 1 aromatic rings. The van der Waals surface area contributed by atoms with Crippen molar-refractivity contribution < 1.29 is 0 Å². The van der Waals surface area contributed by atoms with Crippen LogP contribution in [0.1, 0.15) is 32.1 Å². The maximum Gasteiger partial charge on any atom is 0.239 e. The molecule has 0 aromatic carbocycles. The van der Waals surface area contributed by atoms with E-state index in [-0.39, 0.29) is 0 Å². The van der Waals surface area contributed by atoms with Gasteiger partial charge in [0.1, 0.15) is 0 Å². The van der Waals surface area contributed by atoms with Gasteiger partial charge in [-0.3, -0.25) is 0 Å². The van der Waals surface area contributed by atoms with Crippen LogP contribution in [0.3, 0.4) is 0 Å². The largest absolute Gasteiger partial charge is 0.366 e. The van der Waals surface area contributed by atoms with Gasteiger partial charge in [-0.1, -0.05) is 6.42 Å². The molecule has 0 saturated carbocycles. The van der Waals surface area contributed by atoms with Crippen molar-refractivity contribution in [3.05, 3.63) is 18.3 Å². The van der Waals surface area contributed by atoms with Gasteiger partial charge in [0, 0.05) is 11.5 Å². The van der Waals surface area contributed by atoms with Crippen LogP contribution in [-0.4, -0.2) is 49.4 Å². The molecule has 2 aliphatic rings. The summed E-state index contributed by atoms with van der Waals surface area (Å²) in [6.07, 6.45) is 9.13. The molecule has 1 N–H and O–H groups in total. The van der Waals surface area contributed by atoms with Gasteiger partial charge in [0.25, 0.3) is 0 Å². The van der Waals surface area contributed by atoms with Crippen molar-refractivity contribution in [2.45, 2.75) is 32.1 Å². The monoisotopic (exact) mass is 249 g/mol. The van der Waals surface area contributed by atoms with Gasteiger partial charge in [-0.15, -0.1) is 0 Å². The molecule has 0 bridgehead atoms. The maximum absolute atomic E-state index is 3.49. The first-order chi connectivity index (χ1) is 8.45. The van der Waals surface area contributed by atoms with Gasteiger partial charge < -0.3 is 14.1 Å². The summed E-state index contributed by atoms with van der Waals surface area (Å²) in [5.74, 6) is 0. The van der Waals surface area contributed by atoms with E-state index in [0.29, 0.717) is 0 Å². The number of piperidine rings is 1. The molecule has 1 aromatic heterocycles. The van der Waals surface area contributed by atoms with E-state index in [1.54, 1.807) is 0 Å². The van der Waals surface area contributed by atoms with E-state index in [2.05, 4.69) is 32.4 Å². The topological polar surface area (TPSA) is 22.3 Å². The Hall–Kier alpha value is -0.583. The summed E-state index contributed by atoms with van der Waals surface area (Å²) < 4.78 is 5.60. The van der Waals surface area contributed by atoms with Crippen molar-refractivity contribution in [3.63, 3.8) is 0 Å². The van der Waals surface area contributed by atoms with Gasteiger partial charge in [-0.25, -0.2) is 0 Å². The number of rotatable bonds is 3. The Bertz CT molecular complexity index is 326. The van der Waals surface area contributed by atoms with Crippen LogP contribution in [0, 0.1) is 0 Å². The highest BCUT2D eigenvalue weighted by molar-refractivity contribution is 6.67. The minimum absolute atomic E-state index is 1.07. The van der Waals surface area contributed by atoms with Gasteiger partial charge in [0.05, 0.1) is 0 Å². The molecule has 3 heterocycles. The van der Waals surface area contributed by atoms with Crippen LogP contribution >= 0.6 is 0 Å². The van der Waals surface area contributed by atoms with Crippen molar-refractivity contribution in [2.24, 2.45) is 0 Å². The molecule has 94 valence electrons. The van der Waals surface area contributed by atoms with Crippen molar-refractivity contribution in [1.82, 2.24) is 14.1 Å². The van der Waals surface area contributed by atoms with Gasteiger partial charge in [-0.2, -0.15) is 0 Å². The van der Waals surface area contributed by atoms with Gasteiger partial charge in [-0.05, 0) is 64.0 Å². The summed E-state index contributed by atoms with van der Waals surface area (Å²) in [4.78, 5) is 3.49. The molecule has 2 fully saturated rings. The predicted molar refractivity (Wildman–Crippen MR) is 73.8 cm³/mol. The highest BCUT2D eigenvalue weighted by Crippen LogP contribution is 2.16.